The molecule has 0 aliphatic carbocycles. The molecule has 0 bridgehead atoms. The van der Waals surface area contributed by atoms with Crippen LogP contribution >= 0.6 is 0 Å². The van der Waals surface area contributed by atoms with E-state index < -0.39 is 5.97 Å². The Labute approximate surface area is 159 Å². The lowest BCUT2D eigenvalue weighted by Crippen LogP contribution is -2.27. The quantitative estimate of drug-likeness (QED) is 0.573. The first-order valence-corrected chi connectivity index (χ1v) is 9.17. The predicted molar refractivity (Wildman–Crippen MR) is 102 cm³/mol. The highest BCUT2D eigenvalue weighted by molar-refractivity contribution is 5.92. The molecular formula is C22H24O5. The van der Waals surface area contributed by atoms with Crippen molar-refractivity contribution >= 4 is 11.9 Å². The minimum absolute atomic E-state index is 0.0512. The van der Waals surface area contributed by atoms with E-state index in [1.807, 2.05) is 19.1 Å². The minimum Gasteiger partial charge on any atom is -0.493 e. The Bertz CT molecular complexity index is 836. The van der Waals surface area contributed by atoms with Gasteiger partial charge in [0.1, 0.15) is 11.5 Å². The van der Waals surface area contributed by atoms with Gasteiger partial charge in [0.05, 0.1) is 24.3 Å². The first kappa shape index (κ1) is 19.0. The number of esters is 2. The summed E-state index contributed by atoms with van der Waals surface area (Å²) in [6, 6.07) is 11.7. The van der Waals surface area contributed by atoms with Gasteiger partial charge in [-0.15, -0.1) is 0 Å². The molecule has 0 amide bonds. The number of carbonyl (C=O) groups excluding carboxylic acids is 2. The molecule has 1 heterocycles. The van der Waals surface area contributed by atoms with E-state index in [2.05, 4.69) is 13.8 Å². The third kappa shape index (κ3) is 4.30. The van der Waals surface area contributed by atoms with E-state index in [1.54, 1.807) is 30.3 Å². The molecule has 3 rings (SSSR count). The molecule has 5 nitrogen and oxygen atoms in total. The van der Waals surface area contributed by atoms with Crippen LogP contribution in [0.25, 0.3) is 0 Å². The van der Waals surface area contributed by atoms with E-state index in [4.69, 9.17) is 14.2 Å². The fourth-order valence-electron chi connectivity index (χ4n) is 2.97. The Morgan fingerprint density at radius 2 is 1.74 bits per heavy atom. The van der Waals surface area contributed by atoms with Gasteiger partial charge in [-0.3, -0.25) is 0 Å². The second-order valence-corrected chi connectivity index (χ2v) is 7.24. The van der Waals surface area contributed by atoms with Crippen LogP contribution in [-0.4, -0.2) is 25.2 Å². The van der Waals surface area contributed by atoms with Crippen LogP contribution in [0.4, 0.5) is 0 Å². The Morgan fingerprint density at radius 1 is 1.04 bits per heavy atom. The van der Waals surface area contributed by atoms with E-state index in [0.29, 0.717) is 30.1 Å². The van der Waals surface area contributed by atoms with E-state index in [-0.39, 0.29) is 11.4 Å². The maximum Gasteiger partial charge on any atom is 0.343 e. The summed E-state index contributed by atoms with van der Waals surface area (Å²) in [5.41, 5.74) is 1.86. The van der Waals surface area contributed by atoms with Gasteiger partial charge in [0.2, 0.25) is 0 Å². The van der Waals surface area contributed by atoms with Crippen molar-refractivity contribution < 1.29 is 23.8 Å². The summed E-state index contributed by atoms with van der Waals surface area (Å²) in [5.74, 6) is 0.366. The largest absolute Gasteiger partial charge is 0.493 e. The lowest BCUT2D eigenvalue weighted by Gasteiger charge is -2.32. The van der Waals surface area contributed by atoms with Crippen LogP contribution in [0.5, 0.6) is 11.5 Å². The van der Waals surface area contributed by atoms with Gasteiger partial charge in [0.15, 0.2) is 0 Å². The number of carbonyl (C=O) groups is 2. The second kappa shape index (κ2) is 7.82. The molecule has 0 fully saturated rings. The fourth-order valence-corrected chi connectivity index (χ4v) is 2.97. The Balaban J connectivity index is 1.71. The summed E-state index contributed by atoms with van der Waals surface area (Å²) >= 11 is 0. The van der Waals surface area contributed by atoms with Gasteiger partial charge in [-0.2, -0.15) is 0 Å². The van der Waals surface area contributed by atoms with Crippen molar-refractivity contribution in [1.29, 1.82) is 0 Å². The van der Waals surface area contributed by atoms with Crippen molar-refractivity contribution in [2.24, 2.45) is 0 Å². The van der Waals surface area contributed by atoms with E-state index in [0.717, 1.165) is 24.2 Å². The highest BCUT2D eigenvalue weighted by Gasteiger charge is 2.29. The summed E-state index contributed by atoms with van der Waals surface area (Å²) in [5, 5.41) is 0. The monoisotopic (exact) mass is 368 g/mol. The zero-order chi connectivity index (χ0) is 19.4. The van der Waals surface area contributed by atoms with Gasteiger partial charge in [0, 0.05) is 5.56 Å². The Kier molecular flexibility index (Phi) is 5.49. The van der Waals surface area contributed by atoms with Crippen LogP contribution in [-0.2, 0) is 10.2 Å². The Morgan fingerprint density at radius 3 is 2.44 bits per heavy atom. The van der Waals surface area contributed by atoms with Crippen LogP contribution in [0.3, 0.4) is 0 Å². The Hall–Kier alpha value is -2.82. The zero-order valence-corrected chi connectivity index (χ0v) is 15.9. The summed E-state index contributed by atoms with van der Waals surface area (Å²) in [6.07, 6.45) is 1.66. The van der Waals surface area contributed by atoms with Crippen molar-refractivity contribution in [2.75, 3.05) is 13.2 Å². The molecule has 2 aromatic carbocycles. The number of benzene rings is 2. The maximum atomic E-state index is 12.5. The molecule has 0 radical (unpaired) electrons. The zero-order valence-electron chi connectivity index (χ0n) is 15.9. The summed E-state index contributed by atoms with van der Waals surface area (Å²) in [6.45, 7) is 7.27. The molecule has 5 heteroatoms. The van der Waals surface area contributed by atoms with Crippen molar-refractivity contribution in [3.63, 3.8) is 0 Å². The van der Waals surface area contributed by atoms with Crippen molar-refractivity contribution in [2.45, 2.75) is 39.0 Å². The molecule has 0 saturated carbocycles. The third-order valence-electron chi connectivity index (χ3n) is 4.67. The third-order valence-corrected chi connectivity index (χ3v) is 4.67. The normalized spacial score (nSPS) is 14.6. The summed E-state index contributed by atoms with van der Waals surface area (Å²) < 4.78 is 16.2. The van der Waals surface area contributed by atoms with Gasteiger partial charge in [-0.25, -0.2) is 9.59 Å². The molecule has 1 aliphatic rings. The molecule has 0 atom stereocenters. The number of hydrogen-bond acceptors (Lipinski definition) is 5. The molecular weight excluding hydrogens is 344 g/mol. The van der Waals surface area contributed by atoms with Crippen molar-refractivity contribution in [1.82, 2.24) is 0 Å². The molecule has 2 aromatic rings. The van der Waals surface area contributed by atoms with Gasteiger partial charge in [-0.1, -0.05) is 20.8 Å². The molecule has 27 heavy (non-hydrogen) atoms. The van der Waals surface area contributed by atoms with Crippen molar-refractivity contribution in [3.05, 3.63) is 59.2 Å². The SMILES string of the molecule is CCCOC(=O)c1ccc(OC(=O)c2ccc3c(c2)C(C)(C)CCO3)cc1. The molecule has 0 aromatic heterocycles. The molecule has 142 valence electrons. The fraction of sp³-hybridized carbons (Fsp3) is 0.364. The summed E-state index contributed by atoms with van der Waals surface area (Å²) in [4.78, 5) is 24.3. The first-order chi connectivity index (χ1) is 12.9. The lowest BCUT2D eigenvalue weighted by atomic mass is 9.79. The number of fused-ring (bicyclic) bond motifs is 1. The molecule has 0 N–H and O–H groups in total. The van der Waals surface area contributed by atoms with Gasteiger partial charge in [0.25, 0.3) is 0 Å². The molecule has 0 unspecified atom stereocenters. The van der Waals surface area contributed by atoms with Crippen LogP contribution in [0.1, 0.15) is 59.9 Å². The number of hydrogen-bond donors (Lipinski definition) is 0. The van der Waals surface area contributed by atoms with Crippen LogP contribution < -0.4 is 9.47 Å². The minimum atomic E-state index is -0.444. The lowest BCUT2D eigenvalue weighted by molar-refractivity contribution is 0.0505. The van der Waals surface area contributed by atoms with Crippen LogP contribution in [0.15, 0.2) is 42.5 Å². The van der Waals surface area contributed by atoms with Crippen LogP contribution in [0.2, 0.25) is 0 Å². The predicted octanol–water partition coefficient (Wildman–Crippen LogP) is 4.53. The topological polar surface area (TPSA) is 61.8 Å². The molecule has 0 saturated heterocycles. The first-order valence-electron chi connectivity index (χ1n) is 9.17. The van der Waals surface area contributed by atoms with Gasteiger partial charge in [-0.05, 0) is 60.7 Å². The molecule has 1 aliphatic heterocycles. The van der Waals surface area contributed by atoms with E-state index >= 15 is 0 Å². The smallest absolute Gasteiger partial charge is 0.343 e. The van der Waals surface area contributed by atoms with E-state index in [9.17, 15) is 9.59 Å². The molecule has 0 spiro atoms. The number of rotatable bonds is 5. The maximum absolute atomic E-state index is 12.5. The summed E-state index contributed by atoms with van der Waals surface area (Å²) in [7, 11) is 0. The van der Waals surface area contributed by atoms with Crippen molar-refractivity contribution in [3.8, 4) is 11.5 Å². The van der Waals surface area contributed by atoms with Gasteiger partial charge >= 0.3 is 11.9 Å². The highest BCUT2D eigenvalue weighted by atomic mass is 16.5. The number of ether oxygens (including phenoxy) is 3. The van der Waals surface area contributed by atoms with Crippen LogP contribution in [0, 0.1) is 0 Å². The highest BCUT2D eigenvalue weighted by Crippen LogP contribution is 2.38. The van der Waals surface area contributed by atoms with Gasteiger partial charge < -0.3 is 14.2 Å². The van der Waals surface area contributed by atoms with E-state index in [1.165, 1.54) is 0 Å². The standard InChI is InChI=1S/C22H24O5/c1-4-12-26-20(23)15-5-8-17(9-6-15)27-21(24)16-7-10-19-18(14-16)22(2,3)11-13-25-19/h5-10,14H,4,11-13H2,1-3H3. The average molecular weight is 368 g/mol. The average Bonchev–Trinajstić information content (AvgIpc) is 2.66. The second-order valence-electron chi connectivity index (χ2n) is 7.24.